The smallest absolute Gasteiger partial charge is 0.0126 e. The normalized spacial score (nSPS) is 20.3. The third kappa shape index (κ3) is 3.94. The van der Waals surface area contributed by atoms with E-state index in [9.17, 15) is 0 Å². The first kappa shape index (κ1) is 15.9. The third-order valence-corrected chi connectivity index (χ3v) is 4.81. The van der Waals surface area contributed by atoms with Gasteiger partial charge in [0.15, 0.2) is 0 Å². The number of piperazine rings is 1. The van der Waals surface area contributed by atoms with Gasteiger partial charge in [-0.15, -0.1) is 0 Å². The van der Waals surface area contributed by atoms with Crippen molar-refractivity contribution < 1.29 is 0 Å². The minimum absolute atomic E-state index is 0.312. The summed E-state index contributed by atoms with van der Waals surface area (Å²) in [7, 11) is 0. The zero-order chi connectivity index (χ0) is 13.8. The lowest BCUT2D eigenvalue weighted by Crippen LogP contribution is -2.55. The van der Waals surface area contributed by atoms with Gasteiger partial charge in [0.25, 0.3) is 0 Å². The SMILES string of the molecule is CCC(CC)(CN)CN1CCN(C(C)(C)C)CC1. The van der Waals surface area contributed by atoms with Gasteiger partial charge >= 0.3 is 0 Å². The topological polar surface area (TPSA) is 32.5 Å². The molecule has 1 aliphatic heterocycles. The minimum Gasteiger partial charge on any atom is -0.330 e. The number of nitrogens with two attached hydrogens (primary N) is 1. The molecule has 1 fully saturated rings. The van der Waals surface area contributed by atoms with Gasteiger partial charge in [0.1, 0.15) is 0 Å². The summed E-state index contributed by atoms with van der Waals surface area (Å²) < 4.78 is 0. The molecule has 3 nitrogen and oxygen atoms in total. The van der Waals surface area contributed by atoms with E-state index in [2.05, 4.69) is 44.4 Å². The molecule has 0 unspecified atom stereocenters. The summed E-state index contributed by atoms with van der Waals surface area (Å²) in [5, 5.41) is 0. The van der Waals surface area contributed by atoms with Crippen molar-refractivity contribution >= 4 is 0 Å². The fourth-order valence-corrected chi connectivity index (χ4v) is 2.88. The number of hydrogen-bond donors (Lipinski definition) is 1. The van der Waals surface area contributed by atoms with Crippen molar-refractivity contribution in [2.75, 3.05) is 39.3 Å². The Bertz CT molecular complexity index is 224. The molecule has 1 rings (SSSR count). The van der Waals surface area contributed by atoms with Crippen LogP contribution in [0.2, 0.25) is 0 Å². The lowest BCUT2D eigenvalue weighted by Gasteiger charge is -2.45. The van der Waals surface area contributed by atoms with Crippen LogP contribution in [0.15, 0.2) is 0 Å². The van der Waals surface area contributed by atoms with Crippen LogP contribution in [0.3, 0.4) is 0 Å². The quantitative estimate of drug-likeness (QED) is 0.817. The second kappa shape index (κ2) is 6.36. The molecule has 0 saturated carbocycles. The minimum atomic E-state index is 0.312. The van der Waals surface area contributed by atoms with E-state index in [-0.39, 0.29) is 0 Å². The number of rotatable bonds is 5. The Labute approximate surface area is 114 Å². The van der Waals surface area contributed by atoms with Gasteiger partial charge in [-0.3, -0.25) is 4.90 Å². The molecular formula is C15H33N3. The van der Waals surface area contributed by atoms with Crippen molar-refractivity contribution in [2.45, 2.75) is 53.0 Å². The first-order chi connectivity index (χ1) is 8.37. The molecule has 0 atom stereocenters. The van der Waals surface area contributed by atoms with E-state index in [1.165, 1.54) is 45.6 Å². The predicted molar refractivity (Wildman–Crippen MR) is 79.8 cm³/mol. The molecular weight excluding hydrogens is 222 g/mol. The van der Waals surface area contributed by atoms with Crippen LogP contribution < -0.4 is 5.73 Å². The molecule has 0 aliphatic carbocycles. The van der Waals surface area contributed by atoms with Gasteiger partial charge in [-0.05, 0) is 45.6 Å². The Hall–Kier alpha value is -0.120. The van der Waals surface area contributed by atoms with Crippen molar-refractivity contribution in [1.29, 1.82) is 0 Å². The highest BCUT2D eigenvalue weighted by Gasteiger charge is 2.31. The molecule has 0 bridgehead atoms. The van der Waals surface area contributed by atoms with E-state index in [0.717, 1.165) is 6.54 Å². The molecule has 2 N–H and O–H groups in total. The molecule has 108 valence electrons. The molecule has 0 amide bonds. The molecule has 1 aliphatic rings. The van der Waals surface area contributed by atoms with Crippen molar-refractivity contribution in [1.82, 2.24) is 9.80 Å². The summed E-state index contributed by atoms with van der Waals surface area (Å²) in [6, 6.07) is 0. The molecule has 1 heterocycles. The maximum Gasteiger partial charge on any atom is 0.0126 e. The Kier molecular flexibility index (Phi) is 5.63. The van der Waals surface area contributed by atoms with E-state index in [1.54, 1.807) is 0 Å². The van der Waals surface area contributed by atoms with Crippen LogP contribution in [0.25, 0.3) is 0 Å². The highest BCUT2D eigenvalue weighted by Crippen LogP contribution is 2.27. The zero-order valence-electron chi connectivity index (χ0n) is 13.1. The van der Waals surface area contributed by atoms with Gasteiger partial charge in [0, 0.05) is 38.3 Å². The van der Waals surface area contributed by atoms with Crippen LogP contribution in [0, 0.1) is 5.41 Å². The fraction of sp³-hybridized carbons (Fsp3) is 1.00. The zero-order valence-corrected chi connectivity index (χ0v) is 13.1. The lowest BCUT2D eigenvalue weighted by molar-refractivity contribution is 0.0387. The van der Waals surface area contributed by atoms with Crippen LogP contribution in [0.1, 0.15) is 47.5 Å². The fourth-order valence-electron chi connectivity index (χ4n) is 2.88. The maximum atomic E-state index is 6.01. The predicted octanol–water partition coefficient (Wildman–Crippen LogP) is 2.17. The van der Waals surface area contributed by atoms with Crippen LogP contribution in [0.4, 0.5) is 0 Å². The molecule has 3 heteroatoms. The first-order valence-corrected chi connectivity index (χ1v) is 7.54. The van der Waals surface area contributed by atoms with Crippen molar-refractivity contribution in [2.24, 2.45) is 11.1 Å². The summed E-state index contributed by atoms with van der Waals surface area (Å²) in [5.74, 6) is 0. The van der Waals surface area contributed by atoms with E-state index in [1.807, 2.05) is 0 Å². The summed E-state index contributed by atoms with van der Waals surface area (Å²) in [5.41, 5.74) is 6.65. The van der Waals surface area contributed by atoms with Crippen molar-refractivity contribution in [3.63, 3.8) is 0 Å². The molecule has 0 aromatic heterocycles. The summed E-state index contributed by atoms with van der Waals surface area (Å²) in [6.07, 6.45) is 2.39. The highest BCUT2D eigenvalue weighted by atomic mass is 15.3. The van der Waals surface area contributed by atoms with E-state index in [0.29, 0.717) is 11.0 Å². The van der Waals surface area contributed by atoms with Gasteiger partial charge in [-0.25, -0.2) is 0 Å². The molecule has 0 radical (unpaired) electrons. The highest BCUT2D eigenvalue weighted by molar-refractivity contribution is 4.86. The molecule has 18 heavy (non-hydrogen) atoms. The van der Waals surface area contributed by atoms with Crippen molar-refractivity contribution in [3.05, 3.63) is 0 Å². The van der Waals surface area contributed by atoms with Crippen LogP contribution in [-0.4, -0.2) is 54.6 Å². The lowest BCUT2D eigenvalue weighted by atomic mass is 9.81. The van der Waals surface area contributed by atoms with Gasteiger partial charge < -0.3 is 10.6 Å². The van der Waals surface area contributed by atoms with Gasteiger partial charge in [-0.1, -0.05) is 13.8 Å². The molecule has 1 saturated heterocycles. The Morgan fingerprint density at radius 2 is 1.44 bits per heavy atom. The molecule has 0 aromatic rings. The van der Waals surface area contributed by atoms with Gasteiger partial charge in [-0.2, -0.15) is 0 Å². The van der Waals surface area contributed by atoms with Crippen molar-refractivity contribution in [3.8, 4) is 0 Å². The average molecular weight is 255 g/mol. The van der Waals surface area contributed by atoms with Crippen LogP contribution in [-0.2, 0) is 0 Å². The van der Waals surface area contributed by atoms with Crippen LogP contribution in [0.5, 0.6) is 0 Å². The standard InChI is InChI=1S/C15H33N3/c1-6-15(7-2,12-16)13-17-8-10-18(11-9-17)14(3,4)5/h6-13,16H2,1-5H3. The summed E-state index contributed by atoms with van der Waals surface area (Å²) in [4.78, 5) is 5.20. The summed E-state index contributed by atoms with van der Waals surface area (Å²) >= 11 is 0. The molecule has 0 spiro atoms. The van der Waals surface area contributed by atoms with Gasteiger partial charge in [0.2, 0.25) is 0 Å². The second-order valence-electron chi connectivity index (χ2n) is 6.85. The Balaban J connectivity index is 2.48. The second-order valence-corrected chi connectivity index (χ2v) is 6.85. The number of nitrogens with zero attached hydrogens (tertiary/aromatic N) is 2. The van der Waals surface area contributed by atoms with E-state index in [4.69, 9.17) is 5.73 Å². The Morgan fingerprint density at radius 1 is 0.944 bits per heavy atom. The third-order valence-electron chi connectivity index (χ3n) is 4.81. The molecule has 0 aromatic carbocycles. The maximum absolute atomic E-state index is 6.01. The van der Waals surface area contributed by atoms with E-state index < -0.39 is 0 Å². The Morgan fingerprint density at radius 3 is 1.78 bits per heavy atom. The number of hydrogen-bond acceptors (Lipinski definition) is 3. The summed E-state index contributed by atoms with van der Waals surface area (Å²) in [6.45, 7) is 18.3. The largest absolute Gasteiger partial charge is 0.330 e. The average Bonchev–Trinajstić information content (AvgIpc) is 2.36. The van der Waals surface area contributed by atoms with Crippen LogP contribution >= 0.6 is 0 Å². The van der Waals surface area contributed by atoms with Gasteiger partial charge in [0.05, 0.1) is 0 Å². The first-order valence-electron chi connectivity index (χ1n) is 7.54. The van der Waals surface area contributed by atoms with E-state index >= 15 is 0 Å². The monoisotopic (exact) mass is 255 g/mol.